The quantitative estimate of drug-likeness (QED) is 0.139. The molecule has 1 aromatic carbocycles. The van der Waals surface area contributed by atoms with Crippen molar-refractivity contribution in [3.8, 4) is 0 Å². The first-order valence-corrected chi connectivity index (χ1v) is 8.87. The van der Waals surface area contributed by atoms with E-state index < -0.39 is 11.9 Å². The van der Waals surface area contributed by atoms with Crippen LogP contribution >= 0.6 is 0 Å². The van der Waals surface area contributed by atoms with Crippen LogP contribution in [0.5, 0.6) is 0 Å². The fourth-order valence-electron chi connectivity index (χ4n) is 2.21. The highest BCUT2D eigenvalue weighted by molar-refractivity contribution is 5.93. The molecule has 0 aliphatic heterocycles. The molecule has 0 aliphatic carbocycles. The third-order valence-electron chi connectivity index (χ3n) is 3.74. The van der Waals surface area contributed by atoms with Gasteiger partial charge in [0.25, 0.3) is 0 Å². The average Bonchev–Trinajstić information content (AvgIpc) is 2.69. The second-order valence-electron chi connectivity index (χ2n) is 5.95. The van der Waals surface area contributed by atoms with Gasteiger partial charge in [-0.2, -0.15) is 0 Å². The van der Waals surface area contributed by atoms with Gasteiger partial charge in [0, 0.05) is 12.8 Å². The molecule has 0 bridgehead atoms. The number of carbonyl (C=O) groups excluding carboxylic acids is 2. The van der Waals surface area contributed by atoms with Gasteiger partial charge in [-0.15, -0.1) is 0 Å². The molecule has 10 nitrogen and oxygen atoms in total. The molecule has 0 radical (unpaired) electrons. The largest absolute Gasteiger partial charge is 0.478 e. The molecule has 0 aliphatic rings. The van der Waals surface area contributed by atoms with Gasteiger partial charge in [0.15, 0.2) is 0 Å². The minimum Gasteiger partial charge on any atom is -0.478 e. The number of nitrogens with two attached hydrogens (primary N) is 2. The monoisotopic (exact) mass is 396 g/mol. The Morgan fingerprint density at radius 3 is 1.39 bits per heavy atom. The Morgan fingerprint density at radius 2 is 1.07 bits per heavy atom. The van der Waals surface area contributed by atoms with Gasteiger partial charge in [-0.3, -0.25) is 20.4 Å². The number of carboxylic acids is 2. The van der Waals surface area contributed by atoms with E-state index in [0.717, 1.165) is 44.6 Å². The number of hydrazine groups is 2. The number of hydrogen-bond donors (Lipinski definition) is 6. The minimum atomic E-state index is -1.13. The number of hydrogen-bond acceptors (Lipinski definition) is 6. The molecule has 10 heteroatoms. The van der Waals surface area contributed by atoms with Crippen LogP contribution in [0.15, 0.2) is 24.3 Å². The number of carbonyl (C=O) groups is 4. The second kappa shape index (κ2) is 15.1. The van der Waals surface area contributed by atoms with E-state index in [1.54, 1.807) is 0 Å². The van der Waals surface area contributed by atoms with Gasteiger partial charge in [0.1, 0.15) is 0 Å². The van der Waals surface area contributed by atoms with Crippen LogP contribution in [-0.2, 0) is 9.59 Å². The lowest BCUT2D eigenvalue weighted by Crippen LogP contribution is -2.29. The Bertz CT molecular complexity index is 599. The summed E-state index contributed by atoms with van der Waals surface area (Å²) in [6, 6.07) is 5.20. The first kappa shape index (κ1) is 25.0. The van der Waals surface area contributed by atoms with Gasteiger partial charge in [0.2, 0.25) is 11.8 Å². The zero-order chi connectivity index (χ0) is 21.4. The predicted molar refractivity (Wildman–Crippen MR) is 102 cm³/mol. The number of nitrogens with one attached hydrogen (secondary N) is 2. The summed E-state index contributed by atoms with van der Waals surface area (Å²) in [6.07, 6.45) is 6.94. The lowest BCUT2D eigenvalue weighted by atomic mass is 10.1. The summed E-state index contributed by atoms with van der Waals surface area (Å²) < 4.78 is 0. The van der Waals surface area contributed by atoms with Gasteiger partial charge >= 0.3 is 11.9 Å². The van der Waals surface area contributed by atoms with Gasteiger partial charge in [-0.1, -0.05) is 31.7 Å². The highest BCUT2D eigenvalue weighted by Crippen LogP contribution is 2.08. The van der Waals surface area contributed by atoms with Crippen LogP contribution in [0.25, 0.3) is 0 Å². The standard InChI is InChI=1S/C10H22N4O2.C8H6O4/c11-13-9(15)7-5-3-1-2-4-6-8-10(16)14-12;9-7(10)5-2-1-3-6(4-5)8(11)12/h1-8,11-12H2,(H,13,15)(H,14,16);1-4H,(H,9,10)(H,11,12). The van der Waals surface area contributed by atoms with E-state index in [0.29, 0.717) is 12.8 Å². The van der Waals surface area contributed by atoms with Crippen LogP contribution in [0.3, 0.4) is 0 Å². The van der Waals surface area contributed by atoms with E-state index in [9.17, 15) is 19.2 Å². The van der Waals surface area contributed by atoms with Crippen LogP contribution < -0.4 is 22.5 Å². The Morgan fingerprint density at radius 1 is 0.714 bits per heavy atom. The third kappa shape index (κ3) is 12.4. The topological polar surface area (TPSA) is 185 Å². The van der Waals surface area contributed by atoms with Crippen LogP contribution in [0.1, 0.15) is 72.1 Å². The fraction of sp³-hybridized carbons (Fsp3) is 0.444. The molecule has 0 saturated heterocycles. The molecule has 0 atom stereocenters. The molecular weight excluding hydrogens is 368 g/mol. The summed E-state index contributed by atoms with van der Waals surface area (Å²) >= 11 is 0. The van der Waals surface area contributed by atoms with E-state index >= 15 is 0 Å². The predicted octanol–water partition coefficient (Wildman–Crippen LogP) is 1.17. The van der Waals surface area contributed by atoms with E-state index in [4.69, 9.17) is 21.9 Å². The highest BCUT2D eigenvalue weighted by atomic mass is 16.4. The molecule has 1 aromatic rings. The van der Waals surface area contributed by atoms with Crippen molar-refractivity contribution in [3.05, 3.63) is 35.4 Å². The first-order valence-electron chi connectivity index (χ1n) is 8.87. The highest BCUT2D eigenvalue weighted by Gasteiger charge is 2.06. The molecular formula is C18H28N4O6. The molecule has 28 heavy (non-hydrogen) atoms. The molecule has 0 fully saturated rings. The van der Waals surface area contributed by atoms with Crippen molar-refractivity contribution < 1.29 is 29.4 Å². The molecule has 0 unspecified atom stereocenters. The van der Waals surface area contributed by atoms with E-state index in [1.807, 2.05) is 0 Å². The molecule has 0 saturated carbocycles. The van der Waals surface area contributed by atoms with Crippen molar-refractivity contribution >= 4 is 23.8 Å². The maximum absolute atomic E-state index is 10.8. The third-order valence-corrected chi connectivity index (χ3v) is 3.74. The average molecular weight is 396 g/mol. The Kier molecular flexibility index (Phi) is 13.5. The van der Waals surface area contributed by atoms with Gasteiger partial charge in [-0.25, -0.2) is 21.3 Å². The lowest BCUT2D eigenvalue weighted by molar-refractivity contribution is -0.122. The van der Waals surface area contributed by atoms with Gasteiger partial charge in [0.05, 0.1) is 11.1 Å². The summed E-state index contributed by atoms with van der Waals surface area (Å²) in [7, 11) is 0. The van der Waals surface area contributed by atoms with Crippen molar-refractivity contribution in [3.63, 3.8) is 0 Å². The molecule has 1 rings (SSSR count). The molecule has 0 spiro atoms. The number of amides is 2. The molecule has 0 heterocycles. The summed E-state index contributed by atoms with van der Waals surface area (Å²) in [4.78, 5) is 42.3. The SMILES string of the molecule is NNC(=O)CCCCCCCCC(=O)NN.O=C(O)c1cccc(C(=O)O)c1. The van der Waals surface area contributed by atoms with Crippen LogP contribution in [-0.4, -0.2) is 34.0 Å². The maximum atomic E-state index is 10.8. The number of benzene rings is 1. The zero-order valence-electron chi connectivity index (χ0n) is 15.6. The summed E-state index contributed by atoms with van der Waals surface area (Å²) in [5.41, 5.74) is 4.16. The molecule has 0 aromatic heterocycles. The van der Waals surface area contributed by atoms with E-state index in [2.05, 4.69) is 10.9 Å². The lowest BCUT2D eigenvalue weighted by Gasteiger charge is -2.01. The summed E-state index contributed by atoms with van der Waals surface area (Å²) in [5, 5.41) is 17.0. The van der Waals surface area contributed by atoms with E-state index in [1.165, 1.54) is 18.2 Å². The molecule has 156 valence electrons. The molecule has 2 amide bonds. The van der Waals surface area contributed by atoms with Gasteiger partial charge < -0.3 is 10.2 Å². The second-order valence-corrected chi connectivity index (χ2v) is 5.95. The van der Waals surface area contributed by atoms with Crippen molar-refractivity contribution in [1.29, 1.82) is 0 Å². The first-order chi connectivity index (χ1) is 13.3. The Labute approximate surface area is 163 Å². The fourth-order valence-corrected chi connectivity index (χ4v) is 2.21. The smallest absolute Gasteiger partial charge is 0.335 e. The van der Waals surface area contributed by atoms with Gasteiger partial charge in [-0.05, 0) is 31.0 Å². The number of unbranched alkanes of at least 4 members (excludes halogenated alkanes) is 5. The van der Waals surface area contributed by atoms with Crippen molar-refractivity contribution in [1.82, 2.24) is 10.9 Å². The number of aromatic carboxylic acids is 2. The van der Waals surface area contributed by atoms with Crippen LogP contribution in [0.4, 0.5) is 0 Å². The van der Waals surface area contributed by atoms with Crippen molar-refractivity contribution in [2.24, 2.45) is 11.7 Å². The Hall–Kier alpha value is -2.98. The number of rotatable bonds is 11. The Balaban J connectivity index is 0.000000540. The van der Waals surface area contributed by atoms with Crippen molar-refractivity contribution in [2.75, 3.05) is 0 Å². The minimum absolute atomic E-state index is 0.0186. The summed E-state index contributed by atoms with van der Waals surface area (Å²) in [5.74, 6) is 7.42. The summed E-state index contributed by atoms with van der Waals surface area (Å²) in [6.45, 7) is 0. The van der Waals surface area contributed by atoms with E-state index in [-0.39, 0.29) is 22.9 Å². The zero-order valence-corrected chi connectivity index (χ0v) is 15.6. The molecule has 8 N–H and O–H groups in total. The van der Waals surface area contributed by atoms with Crippen LogP contribution in [0, 0.1) is 0 Å². The normalized spacial score (nSPS) is 9.64. The number of carboxylic acid groups (broad SMARTS) is 2. The van der Waals surface area contributed by atoms with Crippen molar-refractivity contribution in [2.45, 2.75) is 51.4 Å². The van der Waals surface area contributed by atoms with Crippen LogP contribution in [0.2, 0.25) is 0 Å². The maximum Gasteiger partial charge on any atom is 0.335 e.